The minimum Gasteiger partial charge on any atom is -0.478 e. The number of carbonyl (C=O) groups is 1. The molecule has 0 aromatic carbocycles. The van der Waals surface area contributed by atoms with E-state index in [1.165, 1.54) is 13.3 Å². The number of carboxylic acids is 1. The summed E-state index contributed by atoms with van der Waals surface area (Å²) >= 11 is 1.15. The Bertz CT molecular complexity index is 258. The minimum atomic E-state index is -0.953. The summed E-state index contributed by atoms with van der Waals surface area (Å²) in [5, 5.41) is 8.59. The molecule has 0 fully saturated rings. The molecule has 60 valence electrons. The van der Waals surface area contributed by atoms with Crippen molar-refractivity contribution in [2.45, 2.75) is 6.61 Å². The van der Waals surface area contributed by atoms with Crippen LogP contribution in [0.4, 0.5) is 0 Å². The van der Waals surface area contributed by atoms with Crippen molar-refractivity contribution in [1.82, 2.24) is 4.37 Å². The van der Waals surface area contributed by atoms with Crippen LogP contribution >= 0.6 is 11.5 Å². The Hall–Kier alpha value is -0.940. The van der Waals surface area contributed by atoms with Gasteiger partial charge in [0, 0.05) is 7.11 Å². The number of methoxy groups -OCH3 is 1. The third-order valence-electron chi connectivity index (χ3n) is 1.15. The highest BCUT2D eigenvalue weighted by Crippen LogP contribution is 2.13. The molecule has 0 aliphatic heterocycles. The lowest BCUT2D eigenvalue weighted by atomic mass is 10.3. The SMILES string of the molecule is COCc1sncc1C(=O)O. The molecule has 0 unspecified atom stereocenters. The second-order valence-electron chi connectivity index (χ2n) is 1.90. The summed E-state index contributed by atoms with van der Waals surface area (Å²) in [6.45, 7) is 0.312. The first-order valence-corrected chi connectivity index (χ1v) is 3.69. The van der Waals surface area contributed by atoms with E-state index in [1.54, 1.807) is 0 Å². The molecule has 0 bridgehead atoms. The molecule has 5 heteroatoms. The van der Waals surface area contributed by atoms with Crippen molar-refractivity contribution in [2.75, 3.05) is 7.11 Å². The number of carboxylic acid groups (broad SMARTS) is 1. The van der Waals surface area contributed by atoms with Gasteiger partial charge in [-0.15, -0.1) is 0 Å². The average Bonchev–Trinajstić information content (AvgIpc) is 2.36. The molecule has 1 aromatic rings. The lowest BCUT2D eigenvalue weighted by Gasteiger charge is -1.94. The molecule has 0 aliphatic carbocycles. The quantitative estimate of drug-likeness (QED) is 0.740. The van der Waals surface area contributed by atoms with Crippen molar-refractivity contribution in [2.24, 2.45) is 0 Å². The molecule has 4 nitrogen and oxygen atoms in total. The van der Waals surface area contributed by atoms with Crippen LogP contribution in [-0.2, 0) is 11.3 Å². The molecule has 11 heavy (non-hydrogen) atoms. The largest absolute Gasteiger partial charge is 0.478 e. The van der Waals surface area contributed by atoms with Crippen LogP contribution in [0.15, 0.2) is 6.20 Å². The smallest absolute Gasteiger partial charge is 0.338 e. The van der Waals surface area contributed by atoms with Crippen LogP contribution in [0, 0.1) is 0 Å². The Morgan fingerprint density at radius 3 is 3.18 bits per heavy atom. The fourth-order valence-electron chi connectivity index (χ4n) is 0.674. The Balaban J connectivity index is 2.87. The van der Waals surface area contributed by atoms with Crippen LogP contribution in [0.25, 0.3) is 0 Å². The number of aromatic carboxylic acids is 1. The summed E-state index contributed by atoms with van der Waals surface area (Å²) in [7, 11) is 1.52. The van der Waals surface area contributed by atoms with Crippen molar-refractivity contribution < 1.29 is 14.6 Å². The second-order valence-corrected chi connectivity index (χ2v) is 2.79. The zero-order valence-electron chi connectivity index (χ0n) is 5.90. The standard InChI is InChI=1S/C6H7NO3S/c1-10-3-5-4(6(8)9)2-7-11-5/h2H,3H2,1H3,(H,8,9). The number of rotatable bonds is 3. The van der Waals surface area contributed by atoms with E-state index in [9.17, 15) is 4.79 Å². The number of aromatic nitrogens is 1. The third kappa shape index (κ3) is 1.75. The van der Waals surface area contributed by atoms with Gasteiger partial charge in [-0.05, 0) is 11.5 Å². The lowest BCUT2D eigenvalue weighted by Crippen LogP contribution is -1.98. The highest BCUT2D eigenvalue weighted by atomic mass is 32.1. The van der Waals surface area contributed by atoms with Gasteiger partial charge in [0.15, 0.2) is 0 Å². The second kappa shape index (κ2) is 3.45. The van der Waals surface area contributed by atoms with Crippen LogP contribution in [0.1, 0.15) is 15.2 Å². The Morgan fingerprint density at radius 1 is 1.91 bits per heavy atom. The summed E-state index contributed by atoms with van der Waals surface area (Å²) in [5.74, 6) is -0.953. The Morgan fingerprint density at radius 2 is 2.64 bits per heavy atom. The first-order valence-electron chi connectivity index (χ1n) is 2.91. The molecule has 0 radical (unpaired) electrons. The summed E-state index contributed by atoms with van der Waals surface area (Å²) in [6.07, 6.45) is 1.33. The van der Waals surface area contributed by atoms with Gasteiger partial charge in [0.05, 0.1) is 23.2 Å². The number of hydrogen-bond donors (Lipinski definition) is 1. The van der Waals surface area contributed by atoms with E-state index >= 15 is 0 Å². The fraction of sp³-hybridized carbons (Fsp3) is 0.333. The molecule has 1 aromatic heterocycles. The predicted molar refractivity (Wildman–Crippen MR) is 39.8 cm³/mol. The zero-order valence-corrected chi connectivity index (χ0v) is 6.72. The fourth-order valence-corrected chi connectivity index (χ4v) is 1.37. The Kier molecular flexibility index (Phi) is 2.56. The molecule has 0 amide bonds. The van der Waals surface area contributed by atoms with E-state index < -0.39 is 5.97 Å². The van der Waals surface area contributed by atoms with E-state index in [-0.39, 0.29) is 5.56 Å². The third-order valence-corrected chi connectivity index (χ3v) is 1.92. The molecule has 1 heterocycles. The van der Waals surface area contributed by atoms with Crippen LogP contribution in [-0.4, -0.2) is 22.6 Å². The van der Waals surface area contributed by atoms with Crippen molar-refractivity contribution in [3.8, 4) is 0 Å². The first kappa shape index (κ1) is 8.16. The first-order chi connectivity index (χ1) is 5.25. The summed E-state index contributed by atoms with van der Waals surface area (Å²) in [4.78, 5) is 11.1. The summed E-state index contributed by atoms with van der Waals surface area (Å²) in [5.41, 5.74) is 0.233. The normalized spacial score (nSPS) is 9.91. The highest BCUT2D eigenvalue weighted by molar-refractivity contribution is 7.06. The minimum absolute atomic E-state index is 0.233. The highest BCUT2D eigenvalue weighted by Gasteiger charge is 2.11. The van der Waals surface area contributed by atoms with Crippen LogP contribution in [0.2, 0.25) is 0 Å². The van der Waals surface area contributed by atoms with E-state index in [0.29, 0.717) is 11.5 Å². The monoisotopic (exact) mass is 173 g/mol. The van der Waals surface area contributed by atoms with E-state index in [4.69, 9.17) is 9.84 Å². The average molecular weight is 173 g/mol. The maximum Gasteiger partial charge on any atom is 0.338 e. The number of hydrogen-bond acceptors (Lipinski definition) is 4. The topological polar surface area (TPSA) is 59.4 Å². The molecule has 1 N–H and O–H groups in total. The van der Waals surface area contributed by atoms with Gasteiger partial charge in [0.25, 0.3) is 0 Å². The van der Waals surface area contributed by atoms with Gasteiger partial charge in [0.1, 0.15) is 0 Å². The van der Waals surface area contributed by atoms with Crippen LogP contribution in [0.3, 0.4) is 0 Å². The molecule has 0 spiro atoms. The van der Waals surface area contributed by atoms with E-state index in [1.807, 2.05) is 0 Å². The summed E-state index contributed by atoms with van der Waals surface area (Å²) in [6, 6.07) is 0. The molecular weight excluding hydrogens is 166 g/mol. The number of nitrogens with zero attached hydrogens (tertiary/aromatic N) is 1. The number of ether oxygens (including phenoxy) is 1. The van der Waals surface area contributed by atoms with Gasteiger partial charge in [-0.25, -0.2) is 4.79 Å². The van der Waals surface area contributed by atoms with Gasteiger partial charge in [-0.3, -0.25) is 0 Å². The maximum absolute atomic E-state index is 10.5. The summed E-state index contributed by atoms with van der Waals surface area (Å²) < 4.78 is 8.53. The molecular formula is C6H7NO3S. The van der Waals surface area contributed by atoms with Gasteiger partial charge in [-0.2, -0.15) is 4.37 Å². The molecule has 0 atom stereocenters. The van der Waals surface area contributed by atoms with Crippen molar-refractivity contribution >= 4 is 17.5 Å². The van der Waals surface area contributed by atoms with E-state index in [2.05, 4.69) is 4.37 Å². The molecule has 0 aliphatic rings. The van der Waals surface area contributed by atoms with Crippen molar-refractivity contribution in [1.29, 1.82) is 0 Å². The zero-order chi connectivity index (χ0) is 8.27. The van der Waals surface area contributed by atoms with Crippen LogP contribution < -0.4 is 0 Å². The maximum atomic E-state index is 10.5. The van der Waals surface area contributed by atoms with Gasteiger partial charge < -0.3 is 9.84 Å². The molecule has 1 rings (SSSR count). The Labute approximate surface area is 67.6 Å². The molecule has 0 saturated carbocycles. The predicted octanol–water partition coefficient (Wildman–Crippen LogP) is 0.988. The van der Waals surface area contributed by atoms with Crippen LogP contribution in [0.5, 0.6) is 0 Å². The molecule has 0 saturated heterocycles. The van der Waals surface area contributed by atoms with Gasteiger partial charge >= 0.3 is 5.97 Å². The van der Waals surface area contributed by atoms with Gasteiger partial charge in [0.2, 0.25) is 0 Å². The van der Waals surface area contributed by atoms with Gasteiger partial charge in [-0.1, -0.05) is 0 Å². The van der Waals surface area contributed by atoms with E-state index in [0.717, 1.165) is 11.5 Å². The van der Waals surface area contributed by atoms with Crippen molar-refractivity contribution in [3.05, 3.63) is 16.6 Å². The lowest BCUT2D eigenvalue weighted by molar-refractivity contribution is 0.0693. The van der Waals surface area contributed by atoms with Crippen molar-refractivity contribution in [3.63, 3.8) is 0 Å².